The van der Waals surface area contributed by atoms with Crippen LogP contribution in [0.2, 0.25) is 0 Å². The maximum Gasteiger partial charge on any atom is 0.328 e. The van der Waals surface area contributed by atoms with Gasteiger partial charge in [-0.15, -0.1) is 11.3 Å². The third-order valence-corrected chi connectivity index (χ3v) is 3.41. The molecule has 0 fully saturated rings. The number of aliphatic carboxylic acids is 1. The number of methoxy groups -OCH3 is 1. The fourth-order valence-electron chi connectivity index (χ4n) is 1.59. The van der Waals surface area contributed by atoms with Crippen molar-refractivity contribution in [2.24, 2.45) is 0 Å². The molecule has 0 bridgehead atoms. The highest BCUT2D eigenvalue weighted by atomic mass is 32.1. The minimum absolute atomic E-state index is 0.764. The zero-order valence-electron chi connectivity index (χ0n) is 10.8. The van der Waals surface area contributed by atoms with E-state index in [4.69, 9.17) is 9.84 Å². The van der Waals surface area contributed by atoms with Gasteiger partial charge in [0.2, 0.25) is 0 Å². The number of rotatable bonds is 8. The summed E-state index contributed by atoms with van der Waals surface area (Å²) in [6, 6.07) is 1.95. The second-order valence-corrected chi connectivity index (χ2v) is 5.06. The van der Waals surface area contributed by atoms with E-state index in [2.05, 4.69) is 11.9 Å². The maximum atomic E-state index is 10.5. The lowest BCUT2D eigenvalue weighted by Gasteiger charge is -2.15. The summed E-state index contributed by atoms with van der Waals surface area (Å²) in [5.41, 5.74) is 0.987. The topological polar surface area (TPSA) is 49.8 Å². The Balaban J connectivity index is 2.51. The fraction of sp³-hybridized carbons (Fsp3) is 0.462. The van der Waals surface area contributed by atoms with Gasteiger partial charge in [-0.05, 0) is 36.6 Å². The minimum atomic E-state index is -0.916. The maximum absolute atomic E-state index is 10.5. The predicted octanol–water partition coefficient (Wildman–Crippen LogP) is 2.31. The van der Waals surface area contributed by atoms with Crippen LogP contribution in [0.25, 0.3) is 6.08 Å². The van der Waals surface area contributed by atoms with Crippen molar-refractivity contribution in [1.82, 2.24) is 4.90 Å². The Labute approximate surface area is 111 Å². The van der Waals surface area contributed by atoms with Crippen LogP contribution in [0.5, 0.6) is 0 Å². The van der Waals surface area contributed by atoms with Crippen LogP contribution >= 0.6 is 11.3 Å². The van der Waals surface area contributed by atoms with E-state index in [0.717, 1.165) is 31.7 Å². The molecule has 1 rings (SSSR count). The third-order valence-electron chi connectivity index (χ3n) is 2.49. The smallest absolute Gasteiger partial charge is 0.328 e. The Hall–Kier alpha value is -1.17. The molecule has 100 valence electrons. The quantitative estimate of drug-likeness (QED) is 0.581. The first kappa shape index (κ1) is 14.9. The normalized spacial score (nSPS) is 11.5. The molecule has 1 heterocycles. The van der Waals surface area contributed by atoms with Gasteiger partial charge in [-0.25, -0.2) is 4.79 Å². The molecular weight excluding hydrogens is 250 g/mol. The summed E-state index contributed by atoms with van der Waals surface area (Å²) in [4.78, 5) is 13.9. The molecule has 0 saturated carbocycles. The molecule has 0 saturated heterocycles. The molecule has 1 aromatic rings. The van der Waals surface area contributed by atoms with E-state index in [9.17, 15) is 4.79 Å². The molecule has 5 heteroatoms. The van der Waals surface area contributed by atoms with Gasteiger partial charge in [0.15, 0.2) is 0 Å². The monoisotopic (exact) mass is 269 g/mol. The number of nitrogens with zero attached hydrogens (tertiary/aromatic N) is 1. The molecule has 0 aliphatic heterocycles. The van der Waals surface area contributed by atoms with E-state index < -0.39 is 5.97 Å². The summed E-state index contributed by atoms with van der Waals surface area (Å²) in [6.45, 7) is 2.56. The molecule has 4 nitrogen and oxygen atoms in total. The lowest BCUT2D eigenvalue weighted by molar-refractivity contribution is -0.131. The number of carbonyl (C=O) groups is 1. The lowest BCUT2D eigenvalue weighted by atomic mass is 10.2. The zero-order chi connectivity index (χ0) is 13.4. The highest BCUT2D eigenvalue weighted by Gasteiger charge is 2.05. The Kier molecular flexibility index (Phi) is 6.64. The second kappa shape index (κ2) is 8.02. The third kappa shape index (κ3) is 5.44. The van der Waals surface area contributed by atoms with Crippen LogP contribution in [0, 0.1) is 0 Å². The highest BCUT2D eigenvalue weighted by molar-refractivity contribution is 7.10. The van der Waals surface area contributed by atoms with Gasteiger partial charge in [-0.2, -0.15) is 0 Å². The summed E-state index contributed by atoms with van der Waals surface area (Å²) in [6.07, 6.45) is 3.83. The molecule has 0 aliphatic rings. The zero-order valence-corrected chi connectivity index (χ0v) is 11.6. The SMILES string of the molecule is COCCCN(C)Cc1sccc1C=CC(=O)O. The van der Waals surface area contributed by atoms with Crippen molar-refractivity contribution < 1.29 is 14.6 Å². The molecule has 0 atom stereocenters. The van der Waals surface area contributed by atoms with Crippen LogP contribution in [-0.4, -0.2) is 43.3 Å². The first-order chi connectivity index (χ1) is 8.63. The highest BCUT2D eigenvalue weighted by Crippen LogP contribution is 2.20. The minimum Gasteiger partial charge on any atom is -0.478 e. The van der Waals surface area contributed by atoms with Gasteiger partial charge in [-0.1, -0.05) is 0 Å². The molecule has 0 aromatic carbocycles. The van der Waals surface area contributed by atoms with Crippen LogP contribution in [0.1, 0.15) is 16.9 Å². The average Bonchev–Trinajstić information content (AvgIpc) is 2.74. The summed E-state index contributed by atoms with van der Waals surface area (Å²) in [5, 5.41) is 10.6. The van der Waals surface area contributed by atoms with E-state index in [-0.39, 0.29) is 0 Å². The van der Waals surface area contributed by atoms with Gasteiger partial charge in [0.1, 0.15) is 0 Å². The first-order valence-corrected chi connectivity index (χ1v) is 6.66. The van der Waals surface area contributed by atoms with Crippen molar-refractivity contribution in [3.8, 4) is 0 Å². The first-order valence-electron chi connectivity index (χ1n) is 5.78. The summed E-state index contributed by atoms with van der Waals surface area (Å²) < 4.78 is 5.02. The average molecular weight is 269 g/mol. The fourth-order valence-corrected chi connectivity index (χ4v) is 2.54. The molecule has 0 spiro atoms. The number of hydrogen-bond donors (Lipinski definition) is 1. The molecule has 1 aromatic heterocycles. The van der Waals surface area contributed by atoms with Crippen molar-refractivity contribution in [2.75, 3.05) is 27.3 Å². The van der Waals surface area contributed by atoms with Crippen LogP contribution in [0.4, 0.5) is 0 Å². The molecular formula is C13H19NO3S. The summed E-state index contributed by atoms with van der Waals surface area (Å²) in [5.74, 6) is -0.916. The number of carboxylic acids is 1. The molecule has 0 aliphatic carbocycles. The van der Waals surface area contributed by atoms with E-state index >= 15 is 0 Å². The Bertz CT molecular complexity index is 401. The van der Waals surface area contributed by atoms with Crippen LogP contribution < -0.4 is 0 Å². The molecule has 18 heavy (non-hydrogen) atoms. The molecule has 0 amide bonds. The number of thiophene rings is 1. The van der Waals surface area contributed by atoms with Crippen molar-refractivity contribution in [3.05, 3.63) is 28.0 Å². The van der Waals surface area contributed by atoms with Crippen LogP contribution in [-0.2, 0) is 16.1 Å². The standard InChI is InChI=1S/C13H19NO3S/c1-14(7-3-8-17-2)10-12-11(6-9-18-12)4-5-13(15)16/h4-6,9H,3,7-8,10H2,1-2H3,(H,15,16). The Morgan fingerprint density at radius 2 is 2.39 bits per heavy atom. The molecule has 0 unspecified atom stereocenters. The van der Waals surface area contributed by atoms with Gasteiger partial charge in [0, 0.05) is 37.8 Å². The van der Waals surface area contributed by atoms with E-state index in [1.165, 1.54) is 11.0 Å². The van der Waals surface area contributed by atoms with Crippen molar-refractivity contribution >= 4 is 23.4 Å². The molecule has 0 radical (unpaired) electrons. The van der Waals surface area contributed by atoms with Gasteiger partial charge < -0.3 is 14.7 Å². The second-order valence-electron chi connectivity index (χ2n) is 4.05. The van der Waals surface area contributed by atoms with E-state index in [1.54, 1.807) is 24.5 Å². The number of ether oxygens (including phenoxy) is 1. The number of hydrogen-bond acceptors (Lipinski definition) is 4. The van der Waals surface area contributed by atoms with Crippen molar-refractivity contribution in [2.45, 2.75) is 13.0 Å². The molecule has 1 N–H and O–H groups in total. The van der Waals surface area contributed by atoms with Gasteiger partial charge in [0.25, 0.3) is 0 Å². The number of carboxylic acid groups (broad SMARTS) is 1. The summed E-state index contributed by atoms with van der Waals surface area (Å²) in [7, 11) is 3.76. The van der Waals surface area contributed by atoms with Crippen molar-refractivity contribution in [3.63, 3.8) is 0 Å². The predicted molar refractivity (Wildman–Crippen MR) is 73.8 cm³/mol. The van der Waals surface area contributed by atoms with E-state index in [0.29, 0.717) is 0 Å². The Morgan fingerprint density at radius 1 is 1.61 bits per heavy atom. The van der Waals surface area contributed by atoms with Crippen LogP contribution in [0.3, 0.4) is 0 Å². The summed E-state index contributed by atoms with van der Waals surface area (Å²) >= 11 is 1.65. The van der Waals surface area contributed by atoms with Gasteiger partial charge in [-0.3, -0.25) is 0 Å². The Morgan fingerprint density at radius 3 is 3.06 bits per heavy atom. The van der Waals surface area contributed by atoms with Gasteiger partial charge >= 0.3 is 5.97 Å². The lowest BCUT2D eigenvalue weighted by Crippen LogP contribution is -2.19. The van der Waals surface area contributed by atoms with Crippen molar-refractivity contribution in [1.29, 1.82) is 0 Å². The van der Waals surface area contributed by atoms with E-state index in [1.807, 2.05) is 11.4 Å². The van der Waals surface area contributed by atoms with Crippen LogP contribution in [0.15, 0.2) is 17.5 Å². The largest absolute Gasteiger partial charge is 0.478 e. The van der Waals surface area contributed by atoms with Gasteiger partial charge in [0.05, 0.1) is 0 Å².